The van der Waals surface area contributed by atoms with Crippen LogP contribution in [-0.2, 0) is 0 Å². The van der Waals surface area contributed by atoms with Crippen molar-refractivity contribution in [1.82, 2.24) is 4.90 Å². The molecule has 2 unspecified atom stereocenters. The number of unbranched alkanes of at least 4 members (excludes halogenated alkanes) is 2. The highest BCUT2D eigenvalue weighted by Crippen LogP contribution is 2.18. The van der Waals surface area contributed by atoms with Crippen molar-refractivity contribution in [3.63, 3.8) is 0 Å². The molecule has 1 aromatic rings. The van der Waals surface area contributed by atoms with Crippen molar-refractivity contribution < 1.29 is 19.3 Å². The minimum absolute atomic E-state index is 0.316. The van der Waals surface area contributed by atoms with Crippen LogP contribution in [0.25, 0.3) is 0 Å². The summed E-state index contributed by atoms with van der Waals surface area (Å²) in [5.74, 6) is -0.00550. The largest absolute Gasteiger partial charge is 0.491 e. The highest BCUT2D eigenvalue weighted by atomic mass is 19.1. The lowest BCUT2D eigenvalue weighted by molar-refractivity contribution is 0.0731. The zero-order valence-corrected chi connectivity index (χ0v) is 15.2. The third kappa shape index (κ3) is 8.62. The predicted molar refractivity (Wildman–Crippen MR) is 94.9 cm³/mol. The van der Waals surface area contributed by atoms with Gasteiger partial charge in [0.1, 0.15) is 0 Å². The monoisotopic (exact) mass is 341 g/mol. The summed E-state index contributed by atoms with van der Waals surface area (Å²) < 4.78 is 19.1. The number of hydrogen-bond acceptors (Lipinski definition) is 4. The first-order valence-corrected chi connectivity index (χ1v) is 8.89. The van der Waals surface area contributed by atoms with E-state index in [1.54, 1.807) is 19.1 Å². The smallest absolute Gasteiger partial charge is 0.165 e. The lowest BCUT2D eigenvalue weighted by Crippen LogP contribution is -2.37. The maximum atomic E-state index is 13.5. The van der Waals surface area contributed by atoms with E-state index in [1.165, 1.54) is 6.07 Å². The minimum Gasteiger partial charge on any atom is -0.491 e. The number of benzene rings is 1. The van der Waals surface area contributed by atoms with Crippen molar-refractivity contribution in [2.45, 2.75) is 58.7 Å². The van der Waals surface area contributed by atoms with E-state index in [1.807, 2.05) is 13.8 Å². The second-order valence-corrected chi connectivity index (χ2v) is 6.51. The van der Waals surface area contributed by atoms with Crippen LogP contribution in [0.3, 0.4) is 0 Å². The van der Waals surface area contributed by atoms with Gasteiger partial charge in [0, 0.05) is 13.1 Å². The Hall–Kier alpha value is -1.17. The molecule has 1 aromatic carbocycles. The van der Waals surface area contributed by atoms with Crippen molar-refractivity contribution in [3.8, 4) is 5.75 Å². The van der Waals surface area contributed by atoms with Gasteiger partial charge < -0.3 is 14.9 Å². The molecular formula is C19H32FNO3. The van der Waals surface area contributed by atoms with Gasteiger partial charge in [-0.3, -0.25) is 4.90 Å². The van der Waals surface area contributed by atoms with Crippen molar-refractivity contribution in [1.29, 1.82) is 0 Å². The fourth-order valence-electron chi connectivity index (χ4n) is 2.58. The van der Waals surface area contributed by atoms with Crippen LogP contribution in [0.1, 0.15) is 45.1 Å². The van der Waals surface area contributed by atoms with E-state index in [4.69, 9.17) is 4.74 Å². The molecule has 1 rings (SSSR count). The highest BCUT2D eigenvalue weighted by molar-refractivity contribution is 5.29. The van der Waals surface area contributed by atoms with Crippen LogP contribution in [0.4, 0.5) is 4.39 Å². The first-order valence-electron chi connectivity index (χ1n) is 8.89. The van der Waals surface area contributed by atoms with Crippen LogP contribution in [0.5, 0.6) is 5.75 Å². The SMILES string of the molecule is CCC(O)CN(CCCCCOc1cc(C)ccc1F)CC(C)O. The number of nitrogens with zero attached hydrogens (tertiary/aromatic N) is 1. The standard InChI is InChI=1S/C19H32FNO3/c1-4-17(23)14-21(13-16(3)22)10-6-5-7-11-24-19-12-15(2)8-9-18(19)20/h8-9,12,16-17,22-23H,4-7,10-11,13-14H2,1-3H3. The van der Waals surface area contributed by atoms with Gasteiger partial charge in [-0.2, -0.15) is 0 Å². The van der Waals surface area contributed by atoms with Crippen molar-refractivity contribution in [2.75, 3.05) is 26.2 Å². The summed E-state index contributed by atoms with van der Waals surface area (Å²) in [6, 6.07) is 4.87. The Balaban J connectivity index is 2.24. The third-order valence-corrected chi connectivity index (χ3v) is 3.93. The Morgan fingerprint density at radius 1 is 1.17 bits per heavy atom. The number of aryl methyl sites for hydroxylation is 1. The molecule has 0 bridgehead atoms. The van der Waals surface area contributed by atoms with E-state index >= 15 is 0 Å². The number of aliphatic hydroxyl groups excluding tert-OH is 2. The second-order valence-electron chi connectivity index (χ2n) is 6.51. The second kappa shape index (κ2) is 11.4. The Bertz CT molecular complexity index is 468. The number of hydrogen-bond donors (Lipinski definition) is 2. The van der Waals surface area contributed by atoms with E-state index < -0.39 is 6.10 Å². The Kier molecular flexibility index (Phi) is 9.91. The molecule has 0 aliphatic rings. The van der Waals surface area contributed by atoms with Gasteiger partial charge in [0.05, 0.1) is 18.8 Å². The first kappa shape index (κ1) is 20.9. The molecule has 0 saturated carbocycles. The molecular weight excluding hydrogens is 309 g/mol. The number of ether oxygens (including phenoxy) is 1. The molecule has 0 saturated heterocycles. The van der Waals surface area contributed by atoms with Gasteiger partial charge in [-0.25, -0.2) is 4.39 Å². The molecule has 0 aliphatic heterocycles. The molecule has 2 atom stereocenters. The fraction of sp³-hybridized carbons (Fsp3) is 0.684. The van der Waals surface area contributed by atoms with E-state index in [2.05, 4.69) is 4.90 Å². The quantitative estimate of drug-likeness (QED) is 0.574. The third-order valence-electron chi connectivity index (χ3n) is 3.93. The zero-order valence-electron chi connectivity index (χ0n) is 15.2. The van der Waals surface area contributed by atoms with Gasteiger partial charge in [-0.05, 0) is 63.8 Å². The van der Waals surface area contributed by atoms with Gasteiger partial charge in [0.25, 0.3) is 0 Å². The number of halogens is 1. The average molecular weight is 341 g/mol. The van der Waals surface area contributed by atoms with Crippen molar-refractivity contribution in [3.05, 3.63) is 29.6 Å². The maximum Gasteiger partial charge on any atom is 0.165 e. The average Bonchev–Trinajstić information content (AvgIpc) is 2.52. The van der Waals surface area contributed by atoms with Crippen molar-refractivity contribution in [2.24, 2.45) is 0 Å². The molecule has 2 N–H and O–H groups in total. The summed E-state index contributed by atoms with van der Waals surface area (Å²) in [4.78, 5) is 2.10. The minimum atomic E-state index is -0.401. The summed E-state index contributed by atoms with van der Waals surface area (Å²) in [5.41, 5.74) is 0.981. The van der Waals surface area contributed by atoms with Gasteiger partial charge in [0.15, 0.2) is 11.6 Å². The molecule has 0 heterocycles. The lowest BCUT2D eigenvalue weighted by Gasteiger charge is -2.25. The Morgan fingerprint density at radius 2 is 1.92 bits per heavy atom. The molecule has 0 aliphatic carbocycles. The van der Waals surface area contributed by atoms with Crippen LogP contribution in [0.15, 0.2) is 18.2 Å². The predicted octanol–water partition coefficient (Wildman–Crippen LogP) is 3.14. The van der Waals surface area contributed by atoms with Gasteiger partial charge in [0.2, 0.25) is 0 Å². The molecule has 0 radical (unpaired) electrons. The van der Waals surface area contributed by atoms with Gasteiger partial charge in [-0.15, -0.1) is 0 Å². The van der Waals surface area contributed by atoms with Crippen LogP contribution >= 0.6 is 0 Å². The summed E-state index contributed by atoms with van der Waals surface area (Å²) >= 11 is 0. The van der Waals surface area contributed by atoms with E-state index in [9.17, 15) is 14.6 Å². The molecule has 4 nitrogen and oxygen atoms in total. The molecule has 0 amide bonds. The molecule has 0 spiro atoms. The number of rotatable bonds is 12. The van der Waals surface area contributed by atoms with Crippen LogP contribution in [-0.4, -0.2) is 53.6 Å². The van der Waals surface area contributed by atoms with Crippen molar-refractivity contribution >= 4 is 0 Å². The number of aliphatic hydroxyl groups is 2. The Labute approximate surface area is 145 Å². The van der Waals surface area contributed by atoms with Gasteiger partial charge >= 0.3 is 0 Å². The zero-order chi connectivity index (χ0) is 17.9. The molecule has 0 aromatic heterocycles. The lowest BCUT2D eigenvalue weighted by atomic mass is 10.2. The van der Waals surface area contributed by atoms with E-state index in [-0.39, 0.29) is 11.9 Å². The molecule has 138 valence electrons. The highest BCUT2D eigenvalue weighted by Gasteiger charge is 2.12. The Morgan fingerprint density at radius 3 is 2.58 bits per heavy atom. The van der Waals surface area contributed by atoms with Gasteiger partial charge in [-0.1, -0.05) is 13.0 Å². The van der Waals surface area contributed by atoms with E-state index in [0.29, 0.717) is 31.9 Å². The normalized spacial score (nSPS) is 14.0. The summed E-state index contributed by atoms with van der Waals surface area (Å²) in [7, 11) is 0. The van der Waals surface area contributed by atoms with E-state index in [0.717, 1.165) is 31.4 Å². The summed E-state index contributed by atoms with van der Waals surface area (Å²) in [6.07, 6.45) is 2.74. The molecule has 24 heavy (non-hydrogen) atoms. The molecule has 5 heteroatoms. The topological polar surface area (TPSA) is 52.9 Å². The van der Waals surface area contributed by atoms with Crippen LogP contribution in [0.2, 0.25) is 0 Å². The first-order chi connectivity index (χ1) is 11.4. The molecule has 0 fully saturated rings. The summed E-state index contributed by atoms with van der Waals surface area (Å²) in [6.45, 7) is 8.11. The van der Waals surface area contributed by atoms with Crippen LogP contribution in [0, 0.1) is 12.7 Å². The maximum absolute atomic E-state index is 13.5. The fourth-order valence-corrected chi connectivity index (χ4v) is 2.58. The summed E-state index contributed by atoms with van der Waals surface area (Å²) in [5, 5.41) is 19.3. The van der Waals surface area contributed by atoms with Crippen LogP contribution < -0.4 is 4.74 Å².